The maximum Gasteiger partial charge on any atom is 0.228 e. The third-order valence-corrected chi connectivity index (χ3v) is 3.40. The van der Waals surface area contributed by atoms with Gasteiger partial charge in [0.25, 0.3) is 0 Å². The molecule has 0 spiro atoms. The van der Waals surface area contributed by atoms with Crippen LogP contribution in [0.3, 0.4) is 0 Å². The van der Waals surface area contributed by atoms with Gasteiger partial charge in [-0.05, 0) is 25.5 Å². The van der Waals surface area contributed by atoms with Crippen LogP contribution in [0.4, 0.5) is 0 Å². The molecule has 0 aliphatic heterocycles. The van der Waals surface area contributed by atoms with Crippen LogP contribution in [-0.4, -0.2) is 22.7 Å². The van der Waals surface area contributed by atoms with Crippen molar-refractivity contribution in [1.29, 1.82) is 0 Å². The minimum atomic E-state index is 0.410. The van der Waals surface area contributed by atoms with E-state index < -0.39 is 0 Å². The summed E-state index contributed by atoms with van der Waals surface area (Å²) in [6, 6.07) is 8.84. The van der Waals surface area contributed by atoms with Gasteiger partial charge in [-0.3, -0.25) is 0 Å². The highest BCUT2D eigenvalue weighted by molar-refractivity contribution is 5.23. The molecule has 4 heteroatoms. The highest BCUT2D eigenvalue weighted by Gasteiger charge is 2.12. The van der Waals surface area contributed by atoms with Crippen molar-refractivity contribution in [1.82, 2.24) is 15.5 Å². The Morgan fingerprint density at radius 1 is 1.20 bits per heavy atom. The maximum atomic E-state index is 5.34. The highest BCUT2D eigenvalue weighted by Crippen LogP contribution is 2.10. The van der Waals surface area contributed by atoms with E-state index in [1.54, 1.807) is 0 Å². The second-order valence-electron chi connectivity index (χ2n) is 5.13. The lowest BCUT2D eigenvalue weighted by molar-refractivity contribution is 0.352. The minimum absolute atomic E-state index is 0.410. The quantitative estimate of drug-likeness (QED) is 0.842. The fraction of sp³-hybridized carbons (Fsp3) is 0.500. The number of aromatic nitrogens is 2. The van der Waals surface area contributed by atoms with Gasteiger partial charge in [-0.1, -0.05) is 48.8 Å². The number of aryl methyl sites for hydroxylation is 1. The molecule has 2 rings (SSSR count). The van der Waals surface area contributed by atoms with Gasteiger partial charge in [0.1, 0.15) is 0 Å². The van der Waals surface area contributed by atoms with Crippen LogP contribution >= 0.6 is 0 Å². The molecule has 1 N–H and O–H groups in total. The maximum absolute atomic E-state index is 5.34. The Labute approximate surface area is 120 Å². The number of nitrogens with zero attached hydrogens (tertiary/aromatic N) is 2. The molecule has 4 nitrogen and oxygen atoms in total. The Hall–Kier alpha value is -1.68. The molecular formula is C16H23N3O. The standard InChI is InChI=1S/C16H23N3O/c1-4-14(17-5-2)11-16-18-15(19-20-16)10-13-8-6-12(3)7-9-13/h6-9,14,17H,4-5,10-11H2,1-3H3. The smallest absolute Gasteiger partial charge is 0.228 e. The summed E-state index contributed by atoms with van der Waals surface area (Å²) in [7, 11) is 0. The predicted molar refractivity (Wildman–Crippen MR) is 79.7 cm³/mol. The van der Waals surface area contributed by atoms with Gasteiger partial charge in [-0.25, -0.2) is 0 Å². The summed E-state index contributed by atoms with van der Waals surface area (Å²) >= 11 is 0. The molecule has 2 aromatic rings. The summed E-state index contributed by atoms with van der Waals surface area (Å²) < 4.78 is 5.34. The molecule has 0 saturated heterocycles. The molecule has 0 aliphatic carbocycles. The van der Waals surface area contributed by atoms with Crippen molar-refractivity contribution in [2.45, 2.75) is 46.1 Å². The monoisotopic (exact) mass is 273 g/mol. The molecule has 108 valence electrons. The molecule has 0 aliphatic rings. The van der Waals surface area contributed by atoms with Crippen LogP contribution in [0.1, 0.15) is 43.1 Å². The van der Waals surface area contributed by atoms with E-state index >= 15 is 0 Å². The average molecular weight is 273 g/mol. The van der Waals surface area contributed by atoms with E-state index in [1.807, 2.05) is 0 Å². The molecule has 0 saturated carbocycles. The Kier molecular flexibility index (Phi) is 5.30. The average Bonchev–Trinajstić information content (AvgIpc) is 2.88. The van der Waals surface area contributed by atoms with E-state index in [0.717, 1.165) is 37.5 Å². The predicted octanol–water partition coefficient (Wildman–Crippen LogP) is 2.90. The van der Waals surface area contributed by atoms with Crippen molar-refractivity contribution in [2.75, 3.05) is 6.54 Å². The lowest BCUT2D eigenvalue weighted by atomic mass is 10.1. The number of nitrogens with one attached hydrogen (secondary N) is 1. The minimum Gasteiger partial charge on any atom is -0.339 e. The van der Waals surface area contributed by atoms with E-state index in [-0.39, 0.29) is 0 Å². The number of rotatable bonds is 7. The molecular weight excluding hydrogens is 250 g/mol. The summed E-state index contributed by atoms with van der Waals surface area (Å²) in [5, 5.41) is 7.49. The zero-order chi connectivity index (χ0) is 14.4. The van der Waals surface area contributed by atoms with Crippen molar-refractivity contribution in [3.8, 4) is 0 Å². The summed E-state index contributed by atoms with van der Waals surface area (Å²) in [5.41, 5.74) is 2.47. The summed E-state index contributed by atoms with van der Waals surface area (Å²) in [5.74, 6) is 1.48. The Morgan fingerprint density at radius 2 is 1.95 bits per heavy atom. The van der Waals surface area contributed by atoms with Crippen molar-refractivity contribution >= 4 is 0 Å². The lowest BCUT2D eigenvalue weighted by Crippen LogP contribution is -2.30. The summed E-state index contributed by atoms with van der Waals surface area (Å²) in [6.07, 6.45) is 2.58. The third kappa shape index (κ3) is 4.17. The Morgan fingerprint density at radius 3 is 2.60 bits per heavy atom. The van der Waals surface area contributed by atoms with Gasteiger partial charge < -0.3 is 9.84 Å². The lowest BCUT2D eigenvalue weighted by Gasteiger charge is -2.12. The van der Waals surface area contributed by atoms with Crippen LogP contribution in [0, 0.1) is 6.92 Å². The molecule has 1 atom stereocenters. The number of hydrogen-bond donors (Lipinski definition) is 1. The second kappa shape index (κ2) is 7.20. The van der Waals surface area contributed by atoms with Gasteiger partial charge in [-0.2, -0.15) is 4.98 Å². The normalized spacial score (nSPS) is 12.6. The van der Waals surface area contributed by atoms with Crippen LogP contribution in [0.25, 0.3) is 0 Å². The van der Waals surface area contributed by atoms with Crippen LogP contribution < -0.4 is 5.32 Å². The fourth-order valence-electron chi connectivity index (χ4n) is 2.19. The van der Waals surface area contributed by atoms with Crippen molar-refractivity contribution < 1.29 is 4.52 Å². The summed E-state index contributed by atoms with van der Waals surface area (Å²) in [4.78, 5) is 4.48. The van der Waals surface area contributed by atoms with Gasteiger partial charge in [0.05, 0.1) is 0 Å². The molecule has 0 amide bonds. The molecule has 1 aromatic heterocycles. The number of benzene rings is 1. The fourth-order valence-corrected chi connectivity index (χ4v) is 2.19. The SMILES string of the molecule is CCNC(CC)Cc1nc(Cc2ccc(C)cc2)no1. The molecule has 1 heterocycles. The van der Waals surface area contributed by atoms with Gasteiger partial charge in [0, 0.05) is 18.9 Å². The second-order valence-corrected chi connectivity index (χ2v) is 5.13. The van der Waals surface area contributed by atoms with Crippen LogP contribution in [-0.2, 0) is 12.8 Å². The third-order valence-electron chi connectivity index (χ3n) is 3.40. The van der Waals surface area contributed by atoms with E-state index in [4.69, 9.17) is 4.52 Å². The first kappa shape index (κ1) is 14.7. The van der Waals surface area contributed by atoms with E-state index in [1.165, 1.54) is 11.1 Å². The first-order valence-corrected chi connectivity index (χ1v) is 7.31. The van der Waals surface area contributed by atoms with E-state index in [2.05, 4.69) is 60.5 Å². The summed E-state index contributed by atoms with van der Waals surface area (Å²) in [6.45, 7) is 7.32. The van der Waals surface area contributed by atoms with Gasteiger partial charge in [-0.15, -0.1) is 0 Å². The molecule has 1 unspecified atom stereocenters. The highest BCUT2D eigenvalue weighted by atomic mass is 16.5. The van der Waals surface area contributed by atoms with E-state index in [9.17, 15) is 0 Å². The van der Waals surface area contributed by atoms with Gasteiger partial charge >= 0.3 is 0 Å². The molecule has 0 bridgehead atoms. The van der Waals surface area contributed by atoms with Crippen LogP contribution in [0.5, 0.6) is 0 Å². The largest absolute Gasteiger partial charge is 0.339 e. The van der Waals surface area contributed by atoms with Crippen molar-refractivity contribution in [2.24, 2.45) is 0 Å². The van der Waals surface area contributed by atoms with Crippen molar-refractivity contribution in [3.63, 3.8) is 0 Å². The van der Waals surface area contributed by atoms with Gasteiger partial charge in [0.15, 0.2) is 5.82 Å². The topological polar surface area (TPSA) is 51.0 Å². The van der Waals surface area contributed by atoms with Crippen molar-refractivity contribution in [3.05, 3.63) is 47.1 Å². The molecule has 1 aromatic carbocycles. The Bertz CT molecular complexity index is 519. The van der Waals surface area contributed by atoms with E-state index in [0.29, 0.717) is 6.04 Å². The zero-order valence-electron chi connectivity index (χ0n) is 12.5. The number of hydrogen-bond acceptors (Lipinski definition) is 4. The first-order valence-electron chi connectivity index (χ1n) is 7.31. The Balaban J connectivity index is 1.96. The van der Waals surface area contributed by atoms with Crippen LogP contribution in [0.2, 0.25) is 0 Å². The number of likely N-dealkylation sites (N-methyl/N-ethyl adjacent to an activating group) is 1. The molecule has 0 fully saturated rings. The molecule has 20 heavy (non-hydrogen) atoms. The molecule has 0 radical (unpaired) electrons. The van der Waals surface area contributed by atoms with Crippen LogP contribution in [0.15, 0.2) is 28.8 Å². The first-order chi connectivity index (χ1) is 9.71. The van der Waals surface area contributed by atoms with Gasteiger partial charge in [0.2, 0.25) is 5.89 Å². The zero-order valence-corrected chi connectivity index (χ0v) is 12.5.